The molecule has 0 aliphatic heterocycles. The fourth-order valence-corrected chi connectivity index (χ4v) is 2.50. The van der Waals surface area contributed by atoms with E-state index in [1.54, 1.807) is 6.20 Å². The molecule has 2 aromatic heterocycles. The third-order valence-electron chi connectivity index (χ3n) is 3.97. The van der Waals surface area contributed by atoms with Crippen molar-refractivity contribution in [3.05, 3.63) is 65.9 Å². The van der Waals surface area contributed by atoms with E-state index in [-0.39, 0.29) is 5.84 Å². The van der Waals surface area contributed by atoms with Crippen molar-refractivity contribution in [3.8, 4) is 22.8 Å². The van der Waals surface area contributed by atoms with Gasteiger partial charge >= 0.3 is 0 Å². The summed E-state index contributed by atoms with van der Waals surface area (Å²) in [5, 5.41) is 7.63. The SMILES string of the molecule is CCO/N=C(/N)c1ccc(-c2ccc(-c3ccc(/C(N)=N\OCC)cn3)o2)cc1. The van der Waals surface area contributed by atoms with Crippen LogP contribution in [-0.2, 0) is 9.68 Å². The van der Waals surface area contributed by atoms with Crippen molar-refractivity contribution in [2.24, 2.45) is 21.8 Å². The van der Waals surface area contributed by atoms with Crippen LogP contribution in [0.3, 0.4) is 0 Å². The Morgan fingerprint density at radius 1 is 0.828 bits per heavy atom. The van der Waals surface area contributed by atoms with E-state index in [9.17, 15) is 0 Å². The summed E-state index contributed by atoms with van der Waals surface area (Å²) in [6.45, 7) is 4.60. The Balaban J connectivity index is 1.75. The molecule has 0 spiro atoms. The zero-order chi connectivity index (χ0) is 20.6. The first-order valence-electron chi connectivity index (χ1n) is 9.20. The molecular formula is C21H23N5O3. The van der Waals surface area contributed by atoms with Gasteiger partial charge in [-0.1, -0.05) is 34.6 Å². The fourth-order valence-electron chi connectivity index (χ4n) is 2.50. The largest absolute Gasteiger partial charge is 0.454 e. The zero-order valence-corrected chi connectivity index (χ0v) is 16.3. The van der Waals surface area contributed by atoms with E-state index in [0.29, 0.717) is 36.1 Å². The maximum absolute atomic E-state index is 5.95. The summed E-state index contributed by atoms with van der Waals surface area (Å²) in [4.78, 5) is 14.3. The van der Waals surface area contributed by atoms with Crippen LogP contribution >= 0.6 is 0 Å². The van der Waals surface area contributed by atoms with Gasteiger partial charge in [-0.3, -0.25) is 4.98 Å². The lowest BCUT2D eigenvalue weighted by molar-refractivity contribution is 0.158. The molecule has 1 aromatic carbocycles. The van der Waals surface area contributed by atoms with Gasteiger partial charge in [0, 0.05) is 22.9 Å². The van der Waals surface area contributed by atoms with Crippen molar-refractivity contribution < 1.29 is 14.1 Å². The van der Waals surface area contributed by atoms with Crippen LogP contribution in [0.15, 0.2) is 69.5 Å². The first-order valence-corrected chi connectivity index (χ1v) is 9.20. The predicted molar refractivity (Wildman–Crippen MR) is 112 cm³/mol. The van der Waals surface area contributed by atoms with Crippen LogP contribution in [0.25, 0.3) is 22.8 Å². The van der Waals surface area contributed by atoms with Crippen molar-refractivity contribution in [3.63, 3.8) is 0 Å². The van der Waals surface area contributed by atoms with Gasteiger partial charge in [-0.15, -0.1) is 0 Å². The van der Waals surface area contributed by atoms with Gasteiger partial charge in [-0.25, -0.2) is 0 Å². The number of nitrogens with two attached hydrogens (primary N) is 2. The highest BCUT2D eigenvalue weighted by Crippen LogP contribution is 2.27. The highest BCUT2D eigenvalue weighted by Gasteiger charge is 2.10. The summed E-state index contributed by atoms with van der Waals surface area (Å²) in [5.74, 6) is 1.97. The van der Waals surface area contributed by atoms with Gasteiger partial charge in [0.2, 0.25) is 0 Å². The topological polar surface area (TPSA) is 121 Å². The summed E-state index contributed by atoms with van der Waals surface area (Å²) in [6.07, 6.45) is 1.63. The Kier molecular flexibility index (Phi) is 6.47. The first-order chi connectivity index (χ1) is 14.1. The van der Waals surface area contributed by atoms with Crippen LogP contribution < -0.4 is 11.5 Å². The number of amidine groups is 2. The summed E-state index contributed by atoms with van der Waals surface area (Å²) >= 11 is 0. The van der Waals surface area contributed by atoms with Crippen molar-refractivity contribution in [2.75, 3.05) is 13.2 Å². The third-order valence-corrected chi connectivity index (χ3v) is 3.97. The Morgan fingerprint density at radius 2 is 1.41 bits per heavy atom. The van der Waals surface area contributed by atoms with E-state index in [1.807, 2.05) is 62.4 Å². The standard InChI is InChI=1S/C21H23N5O3/c1-3-27-25-20(22)15-7-5-14(6-8-15)18-11-12-19(29-18)17-10-9-16(13-24-17)21(23)26-28-4-2/h5-13H,3-4H2,1-2H3,(H2,22,25)(H2,23,26). The molecule has 29 heavy (non-hydrogen) atoms. The molecule has 0 aliphatic carbocycles. The van der Waals surface area contributed by atoms with Crippen LogP contribution in [0, 0.1) is 0 Å². The van der Waals surface area contributed by atoms with Crippen LogP contribution in [0.5, 0.6) is 0 Å². The Bertz CT molecular complexity index is 912. The maximum Gasteiger partial charge on any atom is 0.171 e. The van der Waals surface area contributed by atoms with Gasteiger partial charge in [0.25, 0.3) is 0 Å². The average molecular weight is 393 g/mol. The monoisotopic (exact) mass is 393 g/mol. The number of benzene rings is 1. The van der Waals surface area contributed by atoms with Crippen LogP contribution in [0.1, 0.15) is 25.0 Å². The third kappa shape index (κ3) is 4.92. The van der Waals surface area contributed by atoms with Gasteiger partial charge in [0.05, 0.1) is 0 Å². The van der Waals surface area contributed by atoms with E-state index in [4.69, 9.17) is 25.6 Å². The van der Waals surface area contributed by atoms with Crippen molar-refractivity contribution in [1.29, 1.82) is 0 Å². The van der Waals surface area contributed by atoms with Gasteiger partial charge in [0.1, 0.15) is 24.7 Å². The number of oxime groups is 2. The minimum absolute atomic E-state index is 0.276. The Labute approximate surface area is 168 Å². The van der Waals surface area contributed by atoms with Crippen molar-refractivity contribution in [2.45, 2.75) is 13.8 Å². The molecule has 8 nitrogen and oxygen atoms in total. The smallest absolute Gasteiger partial charge is 0.171 e. The fraction of sp³-hybridized carbons (Fsp3) is 0.190. The molecule has 8 heteroatoms. The van der Waals surface area contributed by atoms with Crippen LogP contribution in [0.2, 0.25) is 0 Å². The lowest BCUT2D eigenvalue weighted by Crippen LogP contribution is -2.14. The molecule has 0 saturated carbocycles. The second-order valence-electron chi connectivity index (χ2n) is 5.96. The van der Waals surface area contributed by atoms with Gasteiger partial charge in [-0.2, -0.15) is 0 Å². The first kappa shape index (κ1) is 19.9. The number of nitrogens with zero attached hydrogens (tertiary/aromatic N) is 3. The van der Waals surface area contributed by atoms with Gasteiger partial charge in [0.15, 0.2) is 17.4 Å². The summed E-state index contributed by atoms with van der Waals surface area (Å²) in [7, 11) is 0. The molecule has 4 N–H and O–H groups in total. The maximum atomic E-state index is 5.95. The molecule has 0 fully saturated rings. The molecule has 0 bridgehead atoms. The van der Waals surface area contributed by atoms with Gasteiger partial charge in [-0.05, 0) is 38.1 Å². The Morgan fingerprint density at radius 3 is 2.00 bits per heavy atom. The van der Waals surface area contributed by atoms with E-state index in [0.717, 1.165) is 16.9 Å². The van der Waals surface area contributed by atoms with E-state index in [2.05, 4.69) is 15.3 Å². The zero-order valence-electron chi connectivity index (χ0n) is 16.3. The molecule has 3 aromatic rings. The number of rotatable bonds is 8. The molecule has 3 rings (SSSR count). The number of hydrogen-bond donors (Lipinski definition) is 2. The van der Waals surface area contributed by atoms with E-state index >= 15 is 0 Å². The highest BCUT2D eigenvalue weighted by molar-refractivity contribution is 5.97. The molecule has 0 atom stereocenters. The highest BCUT2D eigenvalue weighted by atomic mass is 16.6. The molecule has 0 unspecified atom stereocenters. The van der Waals surface area contributed by atoms with E-state index < -0.39 is 0 Å². The number of furan rings is 1. The van der Waals surface area contributed by atoms with E-state index in [1.165, 1.54) is 0 Å². The molecule has 0 saturated heterocycles. The second kappa shape index (κ2) is 9.41. The molecule has 150 valence electrons. The van der Waals surface area contributed by atoms with Crippen LogP contribution in [-0.4, -0.2) is 29.9 Å². The predicted octanol–water partition coefficient (Wildman–Crippen LogP) is 3.32. The van der Waals surface area contributed by atoms with Crippen molar-refractivity contribution in [1.82, 2.24) is 4.98 Å². The summed E-state index contributed by atoms with van der Waals surface area (Å²) in [5.41, 5.74) is 14.8. The number of hydrogen-bond acceptors (Lipinski definition) is 6. The minimum atomic E-state index is 0.276. The normalized spacial score (nSPS) is 12.1. The molecule has 0 amide bonds. The molecule has 0 aliphatic rings. The second-order valence-corrected chi connectivity index (χ2v) is 5.96. The summed E-state index contributed by atoms with van der Waals surface area (Å²) in [6, 6.07) is 14.9. The summed E-state index contributed by atoms with van der Waals surface area (Å²) < 4.78 is 5.95. The number of aromatic nitrogens is 1. The Hall–Kier alpha value is -3.81. The number of pyridine rings is 1. The average Bonchev–Trinajstić information content (AvgIpc) is 3.26. The lowest BCUT2D eigenvalue weighted by Gasteiger charge is -2.03. The van der Waals surface area contributed by atoms with Crippen molar-refractivity contribution >= 4 is 11.7 Å². The van der Waals surface area contributed by atoms with Crippen LogP contribution in [0.4, 0.5) is 0 Å². The lowest BCUT2D eigenvalue weighted by atomic mass is 10.1. The minimum Gasteiger partial charge on any atom is -0.454 e. The quantitative estimate of drug-likeness (QED) is 0.344. The molecule has 0 radical (unpaired) electrons. The molecule has 2 heterocycles. The van der Waals surface area contributed by atoms with Gasteiger partial charge < -0.3 is 25.6 Å². The molecular weight excluding hydrogens is 370 g/mol.